The van der Waals surface area contributed by atoms with Crippen molar-refractivity contribution in [1.29, 1.82) is 0 Å². The van der Waals surface area contributed by atoms with Crippen LogP contribution in [0.2, 0.25) is 0 Å². The molecule has 1 N–H and O–H groups in total. The molecule has 23 heavy (non-hydrogen) atoms. The van der Waals surface area contributed by atoms with Gasteiger partial charge in [0.05, 0.1) is 0 Å². The summed E-state index contributed by atoms with van der Waals surface area (Å²) in [6.07, 6.45) is 2.88. The number of anilines is 1. The van der Waals surface area contributed by atoms with E-state index in [-0.39, 0.29) is 0 Å². The highest BCUT2D eigenvalue weighted by Crippen LogP contribution is 2.30. The fourth-order valence-electron chi connectivity index (χ4n) is 2.63. The summed E-state index contributed by atoms with van der Waals surface area (Å²) in [5.41, 5.74) is 5.68. The largest absolute Gasteiger partial charge is 0.478 e. The summed E-state index contributed by atoms with van der Waals surface area (Å²) >= 11 is 0. The smallest absolute Gasteiger partial charge is 0.328 e. The second-order valence-electron chi connectivity index (χ2n) is 5.94. The van der Waals surface area contributed by atoms with Gasteiger partial charge in [0.1, 0.15) is 0 Å². The molecule has 2 aromatic carbocycles. The molecule has 0 aliphatic heterocycles. The Hall–Kier alpha value is -2.55. The van der Waals surface area contributed by atoms with E-state index in [2.05, 4.69) is 47.4 Å². The summed E-state index contributed by atoms with van der Waals surface area (Å²) in [7, 11) is 4.09. The summed E-state index contributed by atoms with van der Waals surface area (Å²) in [4.78, 5) is 12.8. The van der Waals surface area contributed by atoms with Crippen molar-refractivity contribution in [2.75, 3.05) is 19.0 Å². The Bertz CT molecular complexity index is 717. The molecular weight excluding hydrogens is 286 g/mol. The molecule has 0 atom stereocenters. The maximum Gasteiger partial charge on any atom is 0.328 e. The molecule has 0 saturated heterocycles. The Labute approximate surface area is 137 Å². The van der Waals surface area contributed by atoms with E-state index >= 15 is 0 Å². The van der Waals surface area contributed by atoms with Gasteiger partial charge in [-0.2, -0.15) is 0 Å². The topological polar surface area (TPSA) is 40.5 Å². The third-order valence-corrected chi connectivity index (χ3v) is 3.80. The van der Waals surface area contributed by atoms with Crippen molar-refractivity contribution in [3.05, 3.63) is 65.7 Å². The molecule has 0 aliphatic rings. The molecule has 3 heteroatoms. The second kappa shape index (κ2) is 7.63. The summed E-state index contributed by atoms with van der Waals surface area (Å²) in [5.74, 6) is -0.879. The first-order valence-corrected chi connectivity index (χ1v) is 7.73. The normalized spacial score (nSPS) is 11.3. The van der Waals surface area contributed by atoms with Crippen LogP contribution >= 0.6 is 0 Å². The molecule has 0 saturated carbocycles. The third-order valence-electron chi connectivity index (χ3n) is 3.80. The van der Waals surface area contributed by atoms with E-state index in [9.17, 15) is 4.79 Å². The zero-order valence-electron chi connectivity index (χ0n) is 13.9. The Morgan fingerprint density at radius 2 is 1.87 bits per heavy atom. The summed E-state index contributed by atoms with van der Waals surface area (Å²) in [6, 6.07) is 16.8. The van der Waals surface area contributed by atoms with E-state index in [0.29, 0.717) is 0 Å². The maximum absolute atomic E-state index is 10.7. The lowest BCUT2D eigenvalue weighted by atomic mass is 9.98. The molecule has 2 aromatic rings. The van der Waals surface area contributed by atoms with Crippen molar-refractivity contribution in [1.82, 2.24) is 0 Å². The molecule has 120 valence electrons. The highest BCUT2D eigenvalue weighted by Gasteiger charge is 2.07. The Morgan fingerprint density at radius 1 is 1.13 bits per heavy atom. The number of benzene rings is 2. The van der Waals surface area contributed by atoms with Crippen molar-refractivity contribution < 1.29 is 9.90 Å². The van der Waals surface area contributed by atoms with Gasteiger partial charge in [-0.15, -0.1) is 0 Å². The molecule has 0 unspecified atom stereocenters. The van der Waals surface area contributed by atoms with Gasteiger partial charge in [-0.1, -0.05) is 48.0 Å². The second-order valence-corrected chi connectivity index (χ2v) is 5.94. The van der Waals surface area contributed by atoms with Gasteiger partial charge in [0.25, 0.3) is 0 Å². The zero-order valence-corrected chi connectivity index (χ0v) is 13.9. The van der Waals surface area contributed by atoms with Gasteiger partial charge in [-0.3, -0.25) is 0 Å². The molecule has 0 bridgehead atoms. The Balaban J connectivity index is 2.22. The molecule has 0 aromatic heterocycles. The Morgan fingerprint density at radius 3 is 2.57 bits per heavy atom. The lowest BCUT2D eigenvalue weighted by Gasteiger charge is -2.18. The van der Waals surface area contributed by atoms with Crippen LogP contribution in [0.25, 0.3) is 11.1 Å². The van der Waals surface area contributed by atoms with Crippen molar-refractivity contribution in [2.45, 2.75) is 19.8 Å². The minimum Gasteiger partial charge on any atom is -0.478 e. The van der Waals surface area contributed by atoms with Crippen LogP contribution in [0.15, 0.2) is 60.2 Å². The number of carboxylic acids is 1. The number of nitrogens with zero attached hydrogens (tertiary/aromatic N) is 1. The van der Waals surface area contributed by atoms with E-state index in [1.165, 1.54) is 28.5 Å². The van der Waals surface area contributed by atoms with Crippen LogP contribution in [0.3, 0.4) is 0 Å². The standard InChI is InChI=1S/C20H23NO2/c1-15(13-20(22)23)11-12-16-7-6-8-17(14-16)18-9-4-5-10-19(18)21(2)3/h4-10,13-14H,11-12H2,1-3H3,(H,22,23)/b15-13+. The molecule has 2 rings (SSSR count). The van der Waals surface area contributed by atoms with Crippen molar-refractivity contribution in [2.24, 2.45) is 0 Å². The first-order chi connectivity index (χ1) is 11.0. The van der Waals surface area contributed by atoms with Gasteiger partial charge in [0.2, 0.25) is 0 Å². The number of aliphatic carboxylic acids is 1. The fourth-order valence-corrected chi connectivity index (χ4v) is 2.63. The number of aryl methyl sites for hydroxylation is 1. The number of hydrogen-bond donors (Lipinski definition) is 1. The highest BCUT2D eigenvalue weighted by molar-refractivity contribution is 5.80. The third kappa shape index (κ3) is 4.71. The molecule has 0 heterocycles. The molecule has 3 nitrogen and oxygen atoms in total. The predicted molar refractivity (Wildman–Crippen MR) is 95.9 cm³/mol. The van der Waals surface area contributed by atoms with Crippen LogP contribution in [-0.2, 0) is 11.2 Å². The van der Waals surface area contributed by atoms with Crippen LogP contribution in [0.4, 0.5) is 5.69 Å². The monoisotopic (exact) mass is 309 g/mol. The molecular formula is C20H23NO2. The average Bonchev–Trinajstić information content (AvgIpc) is 2.52. The number of hydrogen-bond acceptors (Lipinski definition) is 2. The summed E-state index contributed by atoms with van der Waals surface area (Å²) in [5, 5.41) is 8.78. The predicted octanol–water partition coefficient (Wildman–Crippen LogP) is 4.38. The molecule has 0 fully saturated rings. The quantitative estimate of drug-likeness (QED) is 0.805. The maximum atomic E-state index is 10.7. The van der Waals surface area contributed by atoms with Crippen LogP contribution in [0.1, 0.15) is 18.9 Å². The zero-order chi connectivity index (χ0) is 16.8. The summed E-state index contributed by atoms with van der Waals surface area (Å²) < 4.78 is 0. The van der Waals surface area contributed by atoms with Gasteiger partial charge in [-0.25, -0.2) is 4.79 Å². The van der Waals surface area contributed by atoms with Crippen molar-refractivity contribution in [3.8, 4) is 11.1 Å². The Kier molecular flexibility index (Phi) is 5.58. The average molecular weight is 309 g/mol. The van der Waals surface area contributed by atoms with Crippen LogP contribution in [0, 0.1) is 0 Å². The minimum atomic E-state index is -0.879. The van der Waals surface area contributed by atoms with E-state index in [1.807, 2.05) is 27.1 Å². The van der Waals surface area contributed by atoms with Gasteiger partial charge in [0, 0.05) is 31.4 Å². The number of para-hydroxylation sites is 1. The number of carbonyl (C=O) groups is 1. The lowest BCUT2D eigenvalue weighted by Crippen LogP contribution is -2.09. The SMILES string of the molecule is C/C(=C\C(=O)O)CCc1cccc(-c2ccccc2N(C)C)c1. The molecule has 0 amide bonds. The number of carboxylic acid groups (broad SMARTS) is 1. The molecule has 0 radical (unpaired) electrons. The van der Waals surface area contributed by atoms with Crippen LogP contribution in [0.5, 0.6) is 0 Å². The van der Waals surface area contributed by atoms with Crippen molar-refractivity contribution in [3.63, 3.8) is 0 Å². The number of allylic oxidation sites excluding steroid dienone is 1. The highest BCUT2D eigenvalue weighted by atomic mass is 16.4. The number of rotatable bonds is 6. The van der Waals surface area contributed by atoms with E-state index < -0.39 is 5.97 Å². The fraction of sp³-hybridized carbons (Fsp3) is 0.250. The van der Waals surface area contributed by atoms with E-state index in [4.69, 9.17) is 5.11 Å². The van der Waals surface area contributed by atoms with Gasteiger partial charge in [-0.05, 0) is 37.0 Å². The van der Waals surface area contributed by atoms with E-state index in [0.717, 1.165) is 18.4 Å². The lowest BCUT2D eigenvalue weighted by molar-refractivity contribution is -0.131. The minimum absolute atomic E-state index is 0.755. The first-order valence-electron chi connectivity index (χ1n) is 7.73. The molecule has 0 spiro atoms. The van der Waals surface area contributed by atoms with Gasteiger partial charge in [0.15, 0.2) is 0 Å². The van der Waals surface area contributed by atoms with E-state index in [1.54, 1.807) is 0 Å². The molecule has 0 aliphatic carbocycles. The van der Waals surface area contributed by atoms with Crippen LogP contribution < -0.4 is 4.90 Å². The van der Waals surface area contributed by atoms with Gasteiger partial charge < -0.3 is 10.0 Å². The van der Waals surface area contributed by atoms with Crippen molar-refractivity contribution >= 4 is 11.7 Å². The van der Waals surface area contributed by atoms with Crippen LogP contribution in [-0.4, -0.2) is 25.2 Å². The first kappa shape index (κ1) is 16.8. The van der Waals surface area contributed by atoms with Gasteiger partial charge >= 0.3 is 5.97 Å². The summed E-state index contributed by atoms with van der Waals surface area (Å²) in [6.45, 7) is 1.86.